The molecule has 0 atom stereocenters. The molecule has 0 aliphatic heterocycles. The summed E-state index contributed by atoms with van der Waals surface area (Å²) in [6.07, 6.45) is 2.91. The third-order valence-electron chi connectivity index (χ3n) is 4.11. The first-order valence-electron chi connectivity index (χ1n) is 9.01. The number of anilines is 1. The van der Waals surface area contributed by atoms with E-state index in [1.165, 1.54) is 30.0 Å². The van der Waals surface area contributed by atoms with E-state index in [4.69, 9.17) is 11.6 Å². The summed E-state index contributed by atoms with van der Waals surface area (Å²) >= 11 is 7.67. The Kier molecular flexibility index (Phi) is 7.21. The molecule has 154 valence electrons. The van der Waals surface area contributed by atoms with Gasteiger partial charge in [-0.1, -0.05) is 41.6 Å². The second-order valence-electron chi connectivity index (χ2n) is 6.10. The van der Waals surface area contributed by atoms with E-state index < -0.39 is 4.92 Å². The van der Waals surface area contributed by atoms with Crippen LogP contribution in [0.5, 0.6) is 0 Å². The SMILES string of the molecule is CCn1c(NC(=O)/C=C/c2ccc([N+](=O)[O-])cc2)nnc1SCc1ccccc1Cl. The first-order chi connectivity index (χ1) is 14.5. The monoisotopic (exact) mass is 443 g/mol. The number of amides is 1. The average molecular weight is 444 g/mol. The molecule has 3 aromatic rings. The Morgan fingerprint density at radius 2 is 1.97 bits per heavy atom. The van der Waals surface area contributed by atoms with Gasteiger partial charge in [-0.2, -0.15) is 0 Å². The van der Waals surface area contributed by atoms with Crippen molar-refractivity contribution in [3.8, 4) is 0 Å². The van der Waals surface area contributed by atoms with Gasteiger partial charge in [-0.3, -0.25) is 24.8 Å². The molecule has 0 spiro atoms. The van der Waals surface area contributed by atoms with Crippen molar-refractivity contribution in [2.24, 2.45) is 0 Å². The predicted octanol–water partition coefficient (Wildman–Crippen LogP) is 4.80. The van der Waals surface area contributed by atoms with Crippen molar-refractivity contribution in [2.75, 3.05) is 5.32 Å². The molecule has 0 aliphatic rings. The lowest BCUT2D eigenvalue weighted by molar-refractivity contribution is -0.384. The molecule has 0 unspecified atom stereocenters. The summed E-state index contributed by atoms with van der Waals surface area (Å²) in [5.74, 6) is 0.599. The number of rotatable bonds is 8. The van der Waals surface area contributed by atoms with Crippen LogP contribution in [0.1, 0.15) is 18.1 Å². The van der Waals surface area contributed by atoms with Crippen LogP contribution in [-0.4, -0.2) is 25.6 Å². The zero-order valence-electron chi connectivity index (χ0n) is 16.0. The van der Waals surface area contributed by atoms with E-state index in [0.29, 0.717) is 34.0 Å². The molecule has 2 aromatic carbocycles. The topological polar surface area (TPSA) is 103 Å². The number of thioether (sulfide) groups is 1. The highest BCUT2D eigenvalue weighted by atomic mass is 35.5. The molecule has 0 bridgehead atoms. The van der Waals surface area contributed by atoms with E-state index in [9.17, 15) is 14.9 Å². The molecule has 3 rings (SSSR count). The number of hydrogen-bond donors (Lipinski definition) is 1. The van der Waals surface area contributed by atoms with Crippen LogP contribution in [0.25, 0.3) is 6.08 Å². The number of nitrogens with one attached hydrogen (secondary N) is 1. The van der Waals surface area contributed by atoms with Crippen molar-refractivity contribution in [3.63, 3.8) is 0 Å². The van der Waals surface area contributed by atoms with E-state index in [0.717, 1.165) is 5.56 Å². The standard InChI is InChI=1S/C20H18ClN5O3S/c1-2-25-19(23-24-20(25)30-13-15-5-3-4-6-17(15)21)22-18(27)12-9-14-7-10-16(11-8-14)26(28)29/h3-12H,2,13H2,1H3,(H,22,23,27)/b12-9+. The van der Waals surface area contributed by atoms with Gasteiger partial charge >= 0.3 is 0 Å². The number of nitro benzene ring substituents is 1. The van der Waals surface area contributed by atoms with E-state index in [1.807, 2.05) is 31.2 Å². The molecule has 8 nitrogen and oxygen atoms in total. The number of benzene rings is 2. The molecule has 1 N–H and O–H groups in total. The summed E-state index contributed by atoms with van der Waals surface area (Å²) < 4.78 is 1.80. The molecule has 1 heterocycles. The van der Waals surface area contributed by atoms with Crippen LogP contribution < -0.4 is 5.32 Å². The fourth-order valence-electron chi connectivity index (χ4n) is 2.56. The lowest BCUT2D eigenvalue weighted by Gasteiger charge is -2.08. The zero-order chi connectivity index (χ0) is 21.5. The van der Waals surface area contributed by atoms with Gasteiger partial charge in [0.15, 0.2) is 5.16 Å². The molecule has 0 radical (unpaired) electrons. The normalized spacial score (nSPS) is 11.0. The van der Waals surface area contributed by atoms with Crippen LogP contribution in [0.4, 0.5) is 11.6 Å². The number of non-ortho nitro benzene ring substituents is 1. The van der Waals surface area contributed by atoms with Crippen LogP contribution in [0.15, 0.2) is 59.8 Å². The van der Waals surface area contributed by atoms with Gasteiger partial charge in [-0.05, 0) is 42.3 Å². The highest BCUT2D eigenvalue weighted by Crippen LogP contribution is 2.27. The van der Waals surface area contributed by atoms with Crippen LogP contribution in [0.3, 0.4) is 0 Å². The van der Waals surface area contributed by atoms with E-state index in [1.54, 1.807) is 22.8 Å². The Morgan fingerprint density at radius 1 is 1.23 bits per heavy atom. The summed E-state index contributed by atoms with van der Waals surface area (Å²) in [7, 11) is 0. The first kappa shape index (κ1) is 21.5. The number of nitrogens with zero attached hydrogens (tertiary/aromatic N) is 4. The number of hydrogen-bond acceptors (Lipinski definition) is 6. The average Bonchev–Trinajstić information content (AvgIpc) is 3.13. The molecule has 10 heteroatoms. The Labute approximate surface area is 182 Å². The summed E-state index contributed by atoms with van der Waals surface area (Å²) in [4.78, 5) is 22.5. The third-order valence-corrected chi connectivity index (χ3v) is 5.50. The van der Waals surface area contributed by atoms with Crippen LogP contribution in [-0.2, 0) is 17.1 Å². The van der Waals surface area contributed by atoms with Gasteiger partial charge in [0.05, 0.1) is 4.92 Å². The maximum Gasteiger partial charge on any atom is 0.269 e. The van der Waals surface area contributed by atoms with Gasteiger partial charge in [0.2, 0.25) is 5.95 Å². The molecule has 1 aromatic heterocycles. The maximum absolute atomic E-state index is 12.3. The molecular formula is C20H18ClN5O3S. The first-order valence-corrected chi connectivity index (χ1v) is 10.4. The van der Waals surface area contributed by atoms with Gasteiger partial charge in [-0.15, -0.1) is 10.2 Å². The number of nitro groups is 1. The van der Waals surface area contributed by atoms with Gasteiger partial charge in [-0.25, -0.2) is 0 Å². The molecule has 1 amide bonds. The van der Waals surface area contributed by atoms with E-state index >= 15 is 0 Å². The highest BCUT2D eigenvalue weighted by molar-refractivity contribution is 7.98. The summed E-state index contributed by atoms with van der Waals surface area (Å²) in [6, 6.07) is 13.5. The minimum Gasteiger partial charge on any atom is -0.291 e. The fourth-order valence-corrected chi connectivity index (χ4v) is 3.85. The minimum absolute atomic E-state index is 0.00512. The van der Waals surface area contributed by atoms with Crippen molar-refractivity contribution < 1.29 is 9.72 Å². The van der Waals surface area contributed by atoms with Crippen molar-refractivity contribution in [3.05, 3.63) is 80.9 Å². The molecular weight excluding hydrogens is 426 g/mol. The summed E-state index contributed by atoms with van der Waals surface area (Å²) in [5, 5.41) is 23.0. The second kappa shape index (κ2) is 10.0. The van der Waals surface area contributed by atoms with E-state index in [-0.39, 0.29) is 11.6 Å². The molecule has 0 aliphatic carbocycles. The lowest BCUT2D eigenvalue weighted by atomic mass is 10.2. The lowest BCUT2D eigenvalue weighted by Crippen LogP contribution is -2.13. The molecule has 0 fully saturated rings. The van der Waals surface area contributed by atoms with Gasteiger partial charge in [0.1, 0.15) is 0 Å². The minimum atomic E-state index is -0.473. The molecule has 0 saturated heterocycles. The van der Waals surface area contributed by atoms with Gasteiger partial charge in [0.25, 0.3) is 11.6 Å². The van der Waals surface area contributed by atoms with E-state index in [2.05, 4.69) is 15.5 Å². The Hall–Kier alpha value is -3.17. The largest absolute Gasteiger partial charge is 0.291 e. The van der Waals surface area contributed by atoms with Crippen molar-refractivity contribution in [1.82, 2.24) is 14.8 Å². The van der Waals surface area contributed by atoms with Crippen LogP contribution >= 0.6 is 23.4 Å². The number of carbonyl (C=O) groups excluding carboxylic acids is 1. The fraction of sp³-hybridized carbons (Fsp3) is 0.150. The number of aromatic nitrogens is 3. The number of halogens is 1. The Bertz CT molecular complexity index is 1080. The zero-order valence-corrected chi connectivity index (χ0v) is 17.6. The molecule has 0 saturated carbocycles. The van der Waals surface area contributed by atoms with Crippen molar-refractivity contribution in [2.45, 2.75) is 24.4 Å². The van der Waals surface area contributed by atoms with Crippen LogP contribution in [0.2, 0.25) is 5.02 Å². The molecule has 30 heavy (non-hydrogen) atoms. The van der Waals surface area contributed by atoms with Crippen molar-refractivity contribution in [1.29, 1.82) is 0 Å². The van der Waals surface area contributed by atoms with Gasteiger partial charge < -0.3 is 0 Å². The third kappa shape index (κ3) is 5.46. The van der Waals surface area contributed by atoms with Gasteiger partial charge in [0, 0.05) is 35.5 Å². The Balaban J connectivity index is 1.64. The quantitative estimate of drug-likeness (QED) is 0.232. The van der Waals surface area contributed by atoms with Crippen molar-refractivity contribution >= 4 is 47.0 Å². The highest BCUT2D eigenvalue weighted by Gasteiger charge is 2.13. The Morgan fingerprint density at radius 3 is 2.63 bits per heavy atom. The second-order valence-corrected chi connectivity index (χ2v) is 7.45. The predicted molar refractivity (Wildman–Crippen MR) is 117 cm³/mol. The summed E-state index contributed by atoms with van der Waals surface area (Å²) in [6.45, 7) is 2.52. The summed E-state index contributed by atoms with van der Waals surface area (Å²) in [5.41, 5.74) is 1.66. The smallest absolute Gasteiger partial charge is 0.269 e. The number of carbonyl (C=O) groups is 1. The maximum atomic E-state index is 12.3. The van der Waals surface area contributed by atoms with Crippen LogP contribution in [0, 0.1) is 10.1 Å².